The van der Waals surface area contributed by atoms with Gasteiger partial charge in [0, 0.05) is 17.6 Å². The largest absolute Gasteiger partial charge is 0.497 e. The highest BCUT2D eigenvalue weighted by Gasteiger charge is 2.12. The van der Waals surface area contributed by atoms with Crippen molar-refractivity contribution in [2.45, 2.75) is 19.6 Å². The Balaban J connectivity index is 1.48. The zero-order valence-electron chi connectivity index (χ0n) is 17.1. The van der Waals surface area contributed by atoms with Gasteiger partial charge in [-0.25, -0.2) is 9.37 Å². The van der Waals surface area contributed by atoms with Gasteiger partial charge in [-0.2, -0.15) is 0 Å². The predicted molar refractivity (Wildman–Crippen MR) is 120 cm³/mol. The molecule has 0 atom stereocenters. The molecule has 0 spiro atoms. The number of rotatable bonds is 9. The number of benzene rings is 3. The third-order valence-electron chi connectivity index (χ3n) is 4.96. The number of hydrogen-bond acceptors (Lipinski definition) is 4. The Hall–Kier alpha value is -3.09. The fourth-order valence-electron chi connectivity index (χ4n) is 3.38. The molecule has 1 aromatic heterocycles. The number of nitrogens with one attached hydrogen (secondary N) is 1. The number of fused-ring (bicyclic) bond motifs is 1. The van der Waals surface area contributed by atoms with Crippen LogP contribution in [0, 0.1) is 5.82 Å². The first kappa shape index (κ1) is 21.2. The van der Waals surface area contributed by atoms with Crippen LogP contribution in [0.3, 0.4) is 0 Å². The van der Waals surface area contributed by atoms with Crippen LogP contribution in [-0.2, 0) is 19.6 Å². The van der Waals surface area contributed by atoms with Crippen LogP contribution in [0.15, 0.2) is 66.7 Å². The van der Waals surface area contributed by atoms with E-state index in [1.54, 1.807) is 19.2 Å². The van der Waals surface area contributed by atoms with Crippen LogP contribution >= 0.6 is 11.6 Å². The van der Waals surface area contributed by atoms with Gasteiger partial charge < -0.3 is 19.4 Å². The molecule has 0 aliphatic heterocycles. The summed E-state index contributed by atoms with van der Waals surface area (Å²) >= 11 is 5.96. The first-order valence-electron chi connectivity index (χ1n) is 9.99. The summed E-state index contributed by atoms with van der Waals surface area (Å²) in [6.07, 6.45) is 0. The lowest BCUT2D eigenvalue weighted by molar-refractivity contribution is 0.297. The number of hydrogen-bond donors (Lipinski definition) is 1. The monoisotopic (exact) mass is 439 g/mol. The Kier molecular flexibility index (Phi) is 6.70. The molecule has 4 rings (SSSR count). The lowest BCUT2D eigenvalue weighted by atomic mass is 10.2. The van der Waals surface area contributed by atoms with Gasteiger partial charge in [-0.1, -0.05) is 23.7 Å². The van der Waals surface area contributed by atoms with E-state index in [4.69, 9.17) is 26.1 Å². The minimum Gasteiger partial charge on any atom is -0.497 e. The summed E-state index contributed by atoms with van der Waals surface area (Å²) in [6, 6.07) is 19.6. The van der Waals surface area contributed by atoms with Crippen LogP contribution in [0.5, 0.6) is 11.5 Å². The van der Waals surface area contributed by atoms with Crippen molar-refractivity contribution in [2.24, 2.45) is 0 Å². The molecule has 4 aromatic rings. The zero-order chi connectivity index (χ0) is 21.6. The lowest BCUT2D eigenvalue weighted by Gasteiger charge is -2.12. The predicted octanol–water partition coefficient (Wildman–Crippen LogP) is 5.21. The molecule has 0 radical (unpaired) electrons. The average molecular weight is 440 g/mol. The zero-order valence-corrected chi connectivity index (χ0v) is 17.9. The smallest absolute Gasteiger partial charge is 0.124 e. The Labute approximate surface area is 185 Å². The molecular formula is C24H23ClFN3O2. The van der Waals surface area contributed by atoms with E-state index in [2.05, 4.69) is 9.88 Å². The Morgan fingerprint density at radius 1 is 0.968 bits per heavy atom. The van der Waals surface area contributed by atoms with Crippen LogP contribution in [0.25, 0.3) is 11.0 Å². The van der Waals surface area contributed by atoms with Gasteiger partial charge in [0.15, 0.2) is 0 Å². The van der Waals surface area contributed by atoms with Gasteiger partial charge in [0.1, 0.15) is 29.7 Å². The molecule has 31 heavy (non-hydrogen) atoms. The minimum absolute atomic E-state index is 0.282. The van der Waals surface area contributed by atoms with E-state index in [0.29, 0.717) is 32.0 Å². The van der Waals surface area contributed by atoms with Gasteiger partial charge >= 0.3 is 0 Å². The molecular weight excluding hydrogens is 417 g/mol. The molecule has 3 aromatic carbocycles. The fraction of sp³-hybridized carbons (Fsp3) is 0.208. The van der Waals surface area contributed by atoms with Gasteiger partial charge in [-0.05, 0) is 54.1 Å². The molecule has 1 heterocycles. The van der Waals surface area contributed by atoms with Crippen LogP contribution < -0.4 is 14.8 Å². The van der Waals surface area contributed by atoms with Crippen molar-refractivity contribution in [3.05, 3.63) is 89.0 Å². The molecule has 0 bridgehead atoms. The second kappa shape index (κ2) is 9.81. The van der Waals surface area contributed by atoms with Crippen LogP contribution in [0.2, 0.25) is 5.02 Å². The first-order valence-corrected chi connectivity index (χ1v) is 10.4. The summed E-state index contributed by atoms with van der Waals surface area (Å²) in [5.41, 5.74) is 3.02. The molecule has 7 heteroatoms. The fourth-order valence-corrected chi connectivity index (χ4v) is 3.50. The van der Waals surface area contributed by atoms with Crippen LogP contribution in [-0.4, -0.2) is 23.3 Å². The van der Waals surface area contributed by atoms with E-state index in [9.17, 15) is 4.39 Å². The molecule has 0 saturated heterocycles. The second-order valence-corrected chi connectivity index (χ2v) is 7.50. The Bertz CT molecular complexity index is 1140. The van der Waals surface area contributed by atoms with Gasteiger partial charge in [-0.15, -0.1) is 0 Å². The summed E-state index contributed by atoms with van der Waals surface area (Å²) in [5.74, 6) is 2.02. The normalized spacial score (nSPS) is 11.1. The molecule has 5 nitrogen and oxygen atoms in total. The number of nitrogens with zero attached hydrogens (tertiary/aromatic N) is 2. The van der Waals surface area contributed by atoms with Crippen molar-refractivity contribution in [2.75, 3.05) is 13.7 Å². The standard InChI is InChI=1S/C24H23ClFN3O2/c1-30-21-10-11-23-22(14-21)28-24(16-27-15-17-2-4-18(25)5-3-17)29(23)12-13-31-20-8-6-19(26)7-9-20/h2-11,14,27H,12-13,15-16H2,1H3. The van der Waals surface area contributed by atoms with Crippen molar-refractivity contribution in [3.8, 4) is 11.5 Å². The maximum absolute atomic E-state index is 13.1. The van der Waals surface area contributed by atoms with Gasteiger partial charge in [0.05, 0.1) is 31.2 Å². The highest BCUT2D eigenvalue weighted by atomic mass is 35.5. The highest BCUT2D eigenvalue weighted by Crippen LogP contribution is 2.22. The summed E-state index contributed by atoms with van der Waals surface area (Å²) < 4.78 is 26.4. The van der Waals surface area contributed by atoms with Crippen LogP contribution in [0.4, 0.5) is 4.39 Å². The Morgan fingerprint density at radius 2 is 1.71 bits per heavy atom. The molecule has 1 N–H and O–H groups in total. The molecule has 0 fully saturated rings. The number of imidazole rings is 1. The van der Waals surface area contributed by atoms with Crippen molar-refractivity contribution < 1.29 is 13.9 Å². The second-order valence-electron chi connectivity index (χ2n) is 7.07. The SMILES string of the molecule is COc1ccc2c(c1)nc(CNCc1ccc(Cl)cc1)n2CCOc1ccc(F)cc1. The molecule has 0 aliphatic rings. The van der Waals surface area contributed by atoms with E-state index < -0.39 is 0 Å². The highest BCUT2D eigenvalue weighted by molar-refractivity contribution is 6.30. The lowest BCUT2D eigenvalue weighted by Crippen LogP contribution is -2.18. The number of halogens is 2. The van der Waals surface area contributed by atoms with Gasteiger partial charge in [0.25, 0.3) is 0 Å². The average Bonchev–Trinajstić information content (AvgIpc) is 3.13. The van der Waals surface area contributed by atoms with Gasteiger partial charge in [0.2, 0.25) is 0 Å². The third-order valence-corrected chi connectivity index (χ3v) is 5.21. The Morgan fingerprint density at radius 3 is 2.45 bits per heavy atom. The van der Waals surface area contributed by atoms with Crippen molar-refractivity contribution in [1.82, 2.24) is 14.9 Å². The van der Waals surface area contributed by atoms with E-state index in [-0.39, 0.29) is 5.82 Å². The quantitative estimate of drug-likeness (QED) is 0.389. The number of methoxy groups -OCH3 is 1. The van der Waals surface area contributed by atoms with E-state index >= 15 is 0 Å². The molecule has 0 aliphatic carbocycles. The topological polar surface area (TPSA) is 48.3 Å². The van der Waals surface area contributed by atoms with Crippen molar-refractivity contribution >= 4 is 22.6 Å². The van der Waals surface area contributed by atoms with E-state index in [1.807, 2.05) is 42.5 Å². The summed E-state index contributed by atoms with van der Waals surface area (Å²) in [6.45, 7) is 2.34. The maximum atomic E-state index is 13.1. The maximum Gasteiger partial charge on any atom is 0.124 e. The molecule has 160 valence electrons. The molecule has 0 amide bonds. The number of aromatic nitrogens is 2. The summed E-state index contributed by atoms with van der Waals surface area (Å²) in [5, 5.41) is 4.16. The third kappa shape index (κ3) is 5.34. The molecule has 0 unspecified atom stereocenters. The van der Waals surface area contributed by atoms with E-state index in [1.165, 1.54) is 12.1 Å². The summed E-state index contributed by atoms with van der Waals surface area (Å²) in [7, 11) is 1.64. The van der Waals surface area contributed by atoms with E-state index in [0.717, 1.165) is 33.2 Å². The van der Waals surface area contributed by atoms with Gasteiger partial charge in [-0.3, -0.25) is 0 Å². The summed E-state index contributed by atoms with van der Waals surface area (Å²) in [4.78, 5) is 4.80. The minimum atomic E-state index is -0.282. The van der Waals surface area contributed by atoms with Crippen molar-refractivity contribution in [1.29, 1.82) is 0 Å². The first-order chi connectivity index (χ1) is 15.1. The number of ether oxygens (including phenoxy) is 2. The molecule has 0 saturated carbocycles. The van der Waals surface area contributed by atoms with Crippen LogP contribution in [0.1, 0.15) is 11.4 Å². The van der Waals surface area contributed by atoms with Crippen molar-refractivity contribution in [3.63, 3.8) is 0 Å².